The van der Waals surface area contributed by atoms with Crippen LogP contribution in [0.25, 0.3) is 0 Å². The van der Waals surface area contributed by atoms with Gasteiger partial charge >= 0.3 is 0 Å². The molecule has 1 fully saturated rings. The summed E-state index contributed by atoms with van der Waals surface area (Å²) >= 11 is 1.29. The monoisotopic (exact) mass is 387 g/mol. The van der Waals surface area contributed by atoms with Gasteiger partial charge in [0.1, 0.15) is 4.90 Å². The van der Waals surface area contributed by atoms with Crippen molar-refractivity contribution < 1.29 is 17.9 Å². The predicted molar refractivity (Wildman–Crippen MR) is 97.0 cm³/mol. The molecule has 0 aliphatic carbocycles. The number of carbonyl (C=O) groups excluding carboxylic acids is 1. The summed E-state index contributed by atoms with van der Waals surface area (Å²) in [4.78, 5) is 16.2. The van der Waals surface area contributed by atoms with Crippen molar-refractivity contribution in [1.29, 1.82) is 0 Å². The zero-order valence-corrected chi connectivity index (χ0v) is 16.4. The first-order chi connectivity index (χ1) is 11.8. The molecule has 2 rings (SSSR count). The molecule has 9 heteroatoms. The molecule has 7 nitrogen and oxygen atoms in total. The van der Waals surface area contributed by atoms with Gasteiger partial charge < -0.3 is 10.1 Å². The fourth-order valence-corrected chi connectivity index (χ4v) is 4.15. The Morgan fingerprint density at radius 1 is 1.32 bits per heavy atom. The lowest BCUT2D eigenvalue weighted by Gasteiger charge is -2.25. The molecule has 1 amide bonds. The van der Waals surface area contributed by atoms with E-state index in [9.17, 15) is 13.2 Å². The maximum Gasteiger partial charge on any atom is 0.244 e. The molecule has 0 radical (unpaired) electrons. The minimum atomic E-state index is -3.53. The number of pyridine rings is 1. The van der Waals surface area contributed by atoms with E-state index in [4.69, 9.17) is 4.74 Å². The van der Waals surface area contributed by atoms with Crippen LogP contribution in [0.3, 0.4) is 0 Å². The molecule has 140 valence electrons. The number of rotatable bonds is 7. The number of hydrogen-bond acceptors (Lipinski definition) is 6. The van der Waals surface area contributed by atoms with E-state index in [1.165, 1.54) is 28.3 Å². The van der Waals surface area contributed by atoms with E-state index in [0.717, 1.165) is 0 Å². The summed E-state index contributed by atoms with van der Waals surface area (Å²) in [5, 5.41) is 3.55. The van der Waals surface area contributed by atoms with Gasteiger partial charge in [-0.15, -0.1) is 0 Å². The Morgan fingerprint density at radius 2 is 2.00 bits per heavy atom. The molecule has 1 N–H and O–H groups in total. The molecule has 0 bridgehead atoms. The maximum absolute atomic E-state index is 12.5. The second kappa shape index (κ2) is 8.98. The highest BCUT2D eigenvalue weighted by molar-refractivity contribution is 7.99. The molecular weight excluding hydrogens is 362 g/mol. The van der Waals surface area contributed by atoms with Crippen molar-refractivity contribution in [3.8, 4) is 0 Å². The maximum atomic E-state index is 12.5. The SMILES string of the molecule is CC(C)[C@H](C)NC(=O)CSc1ccc(S(=O)(=O)N2CCOCC2)cn1. The molecule has 1 aromatic heterocycles. The van der Waals surface area contributed by atoms with Crippen LogP contribution in [0.1, 0.15) is 20.8 Å². The fourth-order valence-electron chi connectivity index (χ4n) is 2.14. The van der Waals surface area contributed by atoms with Crippen LogP contribution in [0.2, 0.25) is 0 Å². The number of nitrogens with one attached hydrogen (secondary N) is 1. The first kappa shape index (κ1) is 20.2. The molecule has 1 aliphatic rings. The summed E-state index contributed by atoms with van der Waals surface area (Å²) in [5.74, 6) is 0.564. The van der Waals surface area contributed by atoms with Crippen molar-refractivity contribution >= 4 is 27.7 Å². The molecule has 0 unspecified atom stereocenters. The van der Waals surface area contributed by atoms with Gasteiger partial charge in [0.05, 0.1) is 24.0 Å². The molecule has 0 saturated carbocycles. The standard InChI is InChI=1S/C16H25N3O4S2/c1-12(2)13(3)18-15(20)11-24-16-5-4-14(10-17-16)25(21,22)19-6-8-23-9-7-19/h4-5,10,12-13H,6-9,11H2,1-3H3,(H,18,20)/t13-/m0/s1. The van der Waals surface area contributed by atoms with Crippen LogP contribution in [0, 0.1) is 5.92 Å². The van der Waals surface area contributed by atoms with Crippen LogP contribution >= 0.6 is 11.8 Å². The van der Waals surface area contributed by atoms with Crippen LogP contribution in [-0.2, 0) is 19.6 Å². The Kier molecular flexibility index (Phi) is 7.24. The Morgan fingerprint density at radius 3 is 2.56 bits per heavy atom. The van der Waals surface area contributed by atoms with E-state index in [0.29, 0.717) is 37.2 Å². The topological polar surface area (TPSA) is 88.6 Å². The van der Waals surface area contributed by atoms with Gasteiger partial charge in [0, 0.05) is 25.3 Å². The number of thioether (sulfide) groups is 1. The number of carbonyl (C=O) groups is 1. The third kappa shape index (κ3) is 5.67. The minimum absolute atomic E-state index is 0.0574. The van der Waals surface area contributed by atoms with E-state index in [1.807, 2.05) is 20.8 Å². The predicted octanol–water partition coefficient (Wildman–Crippen LogP) is 1.36. The van der Waals surface area contributed by atoms with Crippen molar-refractivity contribution in [3.63, 3.8) is 0 Å². The zero-order valence-electron chi connectivity index (χ0n) is 14.8. The van der Waals surface area contributed by atoms with Crippen LogP contribution in [0.15, 0.2) is 28.3 Å². The second-order valence-electron chi connectivity index (χ2n) is 6.24. The van der Waals surface area contributed by atoms with Crippen molar-refractivity contribution in [2.45, 2.75) is 36.7 Å². The summed E-state index contributed by atoms with van der Waals surface area (Å²) < 4.78 is 31.6. The van der Waals surface area contributed by atoms with Crippen molar-refractivity contribution in [2.75, 3.05) is 32.1 Å². The summed E-state index contributed by atoms with van der Waals surface area (Å²) in [7, 11) is -3.53. The highest BCUT2D eigenvalue weighted by Crippen LogP contribution is 2.20. The smallest absolute Gasteiger partial charge is 0.244 e. The first-order valence-electron chi connectivity index (χ1n) is 8.27. The Bertz CT molecular complexity index is 671. The molecule has 1 atom stereocenters. The lowest BCUT2D eigenvalue weighted by Crippen LogP contribution is -2.40. The van der Waals surface area contributed by atoms with Gasteiger partial charge in [-0.3, -0.25) is 4.79 Å². The molecule has 25 heavy (non-hydrogen) atoms. The lowest BCUT2D eigenvalue weighted by atomic mass is 10.1. The third-order valence-electron chi connectivity index (χ3n) is 4.06. The van der Waals surface area contributed by atoms with Gasteiger partial charge in [-0.1, -0.05) is 25.6 Å². The number of sulfonamides is 1. The Labute approximate surface area is 153 Å². The Balaban J connectivity index is 1.92. The highest BCUT2D eigenvalue weighted by atomic mass is 32.2. The normalized spacial score (nSPS) is 17.4. The van der Waals surface area contributed by atoms with E-state index in [1.54, 1.807) is 6.07 Å². The number of aromatic nitrogens is 1. The minimum Gasteiger partial charge on any atom is -0.379 e. The lowest BCUT2D eigenvalue weighted by molar-refractivity contribution is -0.119. The number of ether oxygens (including phenoxy) is 1. The van der Waals surface area contributed by atoms with Gasteiger partial charge in [-0.25, -0.2) is 13.4 Å². The summed E-state index contributed by atoms with van der Waals surface area (Å²) in [6.45, 7) is 7.59. The van der Waals surface area contributed by atoms with Gasteiger partial charge in [0.2, 0.25) is 15.9 Å². The second-order valence-corrected chi connectivity index (χ2v) is 9.17. The van der Waals surface area contributed by atoms with Crippen molar-refractivity contribution in [1.82, 2.24) is 14.6 Å². The van der Waals surface area contributed by atoms with Gasteiger partial charge in [0.25, 0.3) is 0 Å². The molecule has 1 saturated heterocycles. The van der Waals surface area contributed by atoms with Gasteiger partial charge in [-0.2, -0.15) is 4.31 Å². The number of amides is 1. The average molecular weight is 388 g/mol. The van der Waals surface area contributed by atoms with Crippen LogP contribution < -0.4 is 5.32 Å². The van der Waals surface area contributed by atoms with E-state index in [2.05, 4.69) is 10.3 Å². The van der Waals surface area contributed by atoms with Crippen LogP contribution in [0.5, 0.6) is 0 Å². The molecule has 1 aliphatic heterocycles. The number of nitrogens with zero attached hydrogens (tertiary/aromatic N) is 2. The van der Waals surface area contributed by atoms with Crippen LogP contribution in [0.4, 0.5) is 0 Å². The van der Waals surface area contributed by atoms with Crippen LogP contribution in [-0.4, -0.2) is 61.7 Å². The number of morpholine rings is 1. The highest BCUT2D eigenvalue weighted by Gasteiger charge is 2.26. The van der Waals surface area contributed by atoms with E-state index in [-0.39, 0.29) is 22.6 Å². The largest absolute Gasteiger partial charge is 0.379 e. The molecule has 2 heterocycles. The summed E-state index contributed by atoms with van der Waals surface area (Å²) in [6.07, 6.45) is 1.35. The van der Waals surface area contributed by atoms with E-state index < -0.39 is 10.0 Å². The molecule has 0 aromatic carbocycles. The molecule has 0 spiro atoms. The third-order valence-corrected chi connectivity index (χ3v) is 6.88. The average Bonchev–Trinajstić information content (AvgIpc) is 2.61. The number of hydrogen-bond donors (Lipinski definition) is 1. The van der Waals surface area contributed by atoms with Crippen molar-refractivity contribution in [3.05, 3.63) is 18.3 Å². The van der Waals surface area contributed by atoms with E-state index >= 15 is 0 Å². The molecule has 1 aromatic rings. The quantitative estimate of drug-likeness (QED) is 0.711. The summed E-state index contributed by atoms with van der Waals surface area (Å²) in [6, 6.07) is 3.29. The zero-order chi connectivity index (χ0) is 18.4. The first-order valence-corrected chi connectivity index (χ1v) is 10.7. The van der Waals surface area contributed by atoms with Gasteiger partial charge in [-0.05, 0) is 25.0 Å². The van der Waals surface area contributed by atoms with Gasteiger partial charge in [0.15, 0.2) is 0 Å². The van der Waals surface area contributed by atoms with Crippen molar-refractivity contribution in [2.24, 2.45) is 5.92 Å². The Hall–Kier alpha value is -1.16. The summed E-state index contributed by atoms with van der Waals surface area (Å²) in [5.41, 5.74) is 0. The molecular formula is C16H25N3O4S2. The fraction of sp³-hybridized carbons (Fsp3) is 0.625.